The zero-order chi connectivity index (χ0) is 24.4. The molecule has 2 aliphatic rings. The second-order valence-corrected chi connectivity index (χ2v) is 9.89. The Morgan fingerprint density at radius 2 is 1.86 bits per heavy atom. The molecule has 2 fully saturated rings. The first-order valence-electron chi connectivity index (χ1n) is 13.0. The van der Waals surface area contributed by atoms with Gasteiger partial charge in [-0.2, -0.15) is 4.98 Å². The number of anilines is 1. The fourth-order valence-corrected chi connectivity index (χ4v) is 5.17. The summed E-state index contributed by atoms with van der Waals surface area (Å²) in [5.74, 6) is 1.41. The van der Waals surface area contributed by atoms with E-state index >= 15 is 0 Å². The van der Waals surface area contributed by atoms with Gasteiger partial charge in [0.25, 0.3) is 0 Å². The molecule has 3 heterocycles. The van der Waals surface area contributed by atoms with Gasteiger partial charge in [0.15, 0.2) is 5.65 Å². The summed E-state index contributed by atoms with van der Waals surface area (Å²) in [7, 11) is 0. The van der Waals surface area contributed by atoms with Crippen LogP contribution in [-0.2, 0) is 6.54 Å². The van der Waals surface area contributed by atoms with Crippen molar-refractivity contribution in [3.05, 3.63) is 64.3 Å². The van der Waals surface area contributed by atoms with Crippen LogP contribution in [0, 0.1) is 5.92 Å². The topological polar surface area (TPSA) is 82.1 Å². The highest BCUT2D eigenvalue weighted by atomic mass is 16.1. The molecule has 186 valence electrons. The molecule has 1 aliphatic heterocycles. The molecular weight excluding hydrogens is 438 g/mol. The SMILES string of the molecule is CC=CN1CCN(C(CC2CC2)c2ccc([C@H](C)Nc3ncc4[nH]c(=O)n(CC)c4n3)cc2)CC1. The maximum absolute atomic E-state index is 12.1. The average Bonchev–Trinajstić information content (AvgIpc) is 3.64. The van der Waals surface area contributed by atoms with Gasteiger partial charge >= 0.3 is 5.69 Å². The van der Waals surface area contributed by atoms with Crippen LogP contribution in [0.3, 0.4) is 0 Å². The molecule has 8 heteroatoms. The molecule has 5 rings (SSSR count). The highest BCUT2D eigenvalue weighted by Gasteiger charge is 2.31. The van der Waals surface area contributed by atoms with Crippen LogP contribution in [-0.4, -0.2) is 55.5 Å². The van der Waals surface area contributed by atoms with E-state index in [0.717, 1.165) is 32.1 Å². The predicted molar refractivity (Wildman–Crippen MR) is 140 cm³/mol. The summed E-state index contributed by atoms with van der Waals surface area (Å²) in [5, 5.41) is 3.41. The first kappa shape index (κ1) is 23.6. The number of aromatic amines is 1. The number of H-pyrrole nitrogens is 1. The Balaban J connectivity index is 1.28. The van der Waals surface area contributed by atoms with Crippen LogP contribution in [0.5, 0.6) is 0 Å². The van der Waals surface area contributed by atoms with Crippen LogP contribution >= 0.6 is 0 Å². The van der Waals surface area contributed by atoms with Crippen molar-refractivity contribution in [2.45, 2.75) is 58.7 Å². The lowest BCUT2D eigenvalue weighted by Crippen LogP contribution is -2.45. The maximum atomic E-state index is 12.1. The molecule has 1 aliphatic carbocycles. The number of nitrogens with zero attached hydrogens (tertiary/aromatic N) is 5. The molecule has 0 spiro atoms. The third-order valence-electron chi connectivity index (χ3n) is 7.40. The van der Waals surface area contributed by atoms with Gasteiger partial charge in [0.05, 0.1) is 12.2 Å². The zero-order valence-electron chi connectivity index (χ0n) is 21.1. The molecule has 3 aromatic rings. The number of aryl methyl sites for hydroxylation is 1. The maximum Gasteiger partial charge on any atom is 0.327 e. The molecule has 35 heavy (non-hydrogen) atoms. The van der Waals surface area contributed by atoms with Crippen LogP contribution in [0.15, 0.2) is 47.5 Å². The Kier molecular flexibility index (Phi) is 6.90. The van der Waals surface area contributed by atoms with Gasteiger partial charge in [-0.05, 0) is 50.4 Å². The highest BCUT2D eigenvalue weighted by molar-refractivity contribution is 5.70. The van der Waals surface area contributed by atoms with Gasteiger partial charge in [-0.15, -0.1) is 0 Å². The van der Waals surface area contributed by atoms with Crippen molar-refractivity contribution in [3.63, 3.8) is 0 Å². The molecule has 2 aromatic heterocycles. The quantitative estimate of drug-likeness (QED) is 0.480. The van der Waals surface area contributed by atoms with Gasteiger partial charge in [0.1, 0.15) is 5.52 Å². The van der Waals surface area contributed by atoms with Crippen LogP contribution in [0.2, 0.25) is 0 Å². The Morgan fingerprint density at radius 3 is 2.51 bits per heavy atom. The predicted octanol–water partition coefficient (Wildman–Crippen LogP) is 4.31. The number of aromatic nitrogens is 4. The Labute approximate surface area is 207 Å². The minimum absolute atomic E-state index is 0.0495. The van der Waals surface area contributed by atoms with Crippen LogP contribution in [0.4, 0.5) is 5.95 Å². The highest BCUT2D eigenvalue weighted by Crippen LogP contribution is 2.40. The van der Waals surface area contributed by atoms with Gasteiger partial charge < -0.3 is 15.2 Å². The minimum atomic E-state index is -0.151. The van der Waals surface area contributed by atoms with Crippen LogP contribution < -0.4 is 11.0 Å². The van der Waals surface area contributed by atoms with E-state index < -0.39 is 0 Å². The lowest BCUT2D eigenvalue weighted by molar-refractivity contribution is 0.113. The summed E-state index contributed by atoms with van der Waals surface area (Å²) in [6.45, 7) is 11.1. The molecule has 1 unspecified atom stereocenters. The summed E-state index contributed by atoms with van der Waals surface area (Å²) < 4.78 is 1.63. The molecule has 1 saturated carbocycles. The summed E-state index contributed by atoms with van der Waals surface area (Å²) in [4.78, 5) is 29.0. The van der Waals surface area contributed by atoms with Crippen molar-refractivity contribution in [1.29, 1.82) is 0 Å². The van der Waals surface area contributed by atoms with Crippen molar-refractivity contribution in [3.8, 4) is 0 Å². The van der Waals surface area contributed by atoms with Crippen molar-refractivity contribution in [2.24, 2.45) is 5.92 Å². The largest absolute Gasteiger partial charge is 0.375 e. The molecule has 2 atom stereocenters. The van der Waals surface area contributed by atoms with E-state index in [4.69, 9.17) is 0 Å². The Bertz CT molecular complexity index is 1220. The summed E-state index contributed by atoms with van der Waals surface area (Å²) in [6, 6.07) is 9.64. The number of imidazole rings is 1. The standard InChI is InChI=1S/C27H37N7O/c1-4-12-32-13-15-33(16-14-32)24(17-20-6-7-20)22-10-8-21(9-11-22)19(3)29-26-28-18-23-25(31-26)34(5-2)27(35)30-23/h4,8-12,18-20,24H,5-7,13-17H2,1-3H3,(H,30,35)(H,28,29,31)/t19-,24?/m0/s1. The average molecular weight is 476 g/mol. The molecule has 0 bridgehead atoms. The van der Waals surface area contributed by atoms with Gasteiger partial charge in [-0.3, -0.25) is 9.47 Å². The number of benzene rings is 1. The summed E-state index contributed by atoms with van der Waals surface area (Å²) in [5.41, 5.74) is 3.76. The fourth-order valence-electron chi connectivity index (χ4n) is 5.17. The molecule has 0 amide bonds. The van der Waals surface area contributed by atoms with Gasteiger partial charge in [-0.1, -0.05) is 43.2 Å². The second kappa shape index (κ2) is 10.2. The lowest BCUT2D eigenvalue weighted by Gasteiger charge is -2.39. The fraction of sp³-hybridized carbons (Fsp3) is 0.519. The number of piperazine rings is 1. The van der Waals surface area contributed by atoms with Crippen molar-refractivity contribution < 1.29 is 0 Å². The van der Waals surface area contributed by atoms with Crippen molar-refractivity contribution in [2.75, 3.05) is 31.5 Å². The van der Waals surface area contributed by atoms with Crippen molar-refractivity contribution >= 4 is 17.1 Å². The molecule has 2 N–H and O–H groups in total. The van der Waals surface area contributed by atoms with E-state index in [0.29, 0.717) is 29.7 Å². The number of hydrogen-bond acceptors (Lipinski definition) is 6. The normalized spacial score (nSPS) is 18.9. The van der Waals surface area contributed by atoms with E-state index in [2.05, 4.69) is 80.5 Å². The van der Waals surface area contributed by atoms with Crippen LogP contribution in [0.25, 0.3) is 11.2 Å². The number of hydrogen-bond donors (Lipinski definition) is 2. The van der Waals surface area contributed by atoms with E-state index in [1.807, 2.05) is 6.92 Å². The van der Waals surface area contributed by atoms with Gasteiger partial charge in [0, 0.05) is 38.8 Å². The summed E-state index contributed by atoms with van der Waals surface area (Å²) in [6.07, 6.45) is 10.1. The third-order valence-corrected chi connectivity index (χ3v) is 7.40. The van der Waals surface area contributed by atoms with Crippen LogP contribution in [0.1, 0.15) is 63.2 Å². The van der Waals surface area contributed by atoms with E-state index in [1.54, 1.807) is 10.8 Å². The third kappa shape index (κ3) is 5.27. The molecule has 1 saturated heterocycles. The number of nitrogens with one attached hydrogen (secondary N) is 2. The first-order valence-corrected chi connectivity index (χ1v) is 13.0. The minimum Gasteiger partial charge on any atom is -0.375 e. The molecule has 0 radical (unpaired) electrons. The monoisotopic (exact) mass is 475 g/mol. The summed E-state index contributed by atoms with van der Waals surface area (Å²) >= 11 is 0. The molecule has 8 nitrogen and oxygen atoms in total. The molecular formula is C27H37N7O. The van der Waals surface area contributed by atoms with Crippen molar-refractivity contribution in [1.82, 2.24) is 29.3 Å². The van der Waals surface area contributed by atoms with E-state index in [-0.39, 0.29) is 11.7 Å². The Hall–Kier alpha value is -3.13. The second-order valence-electron chi connectivity index (χ2n) is 9.89. The number of allylic oxidation sites excluding steroid dienone is 1. The smallest absolute Gasteiger partial charge is 0.327 e. The van der Waals surface area contributed by atoms with E-state index in [1.165, 1.54) is 30.4 Å². The zero-order valence-corrected chi connectivity index (χ0v) is 21.1. The van der Waals surface area contributed by atoms with Gasteiger partial charge in [0.2, 0.25) is 5.95 Å². The van der Waals surface area contributed by atoms with E-state index in [9.17, 15) is 4.79 Å². The number of rotatable bonds is 9. The Morgan fingerprint density at radius 1 is 1.14 bits per heavy atom. The van der Waals surface area contributed by atoms with Gasteiger partial charge in [-0.25, -0.2) is 9.78 Å². The molecule has 1 aromatic carbocycles. The first-order chi connectivity index (χ1) is 17.1. The lowest BCUT2D eigenvalue weighted by atomic mass is 9.96. The number of fused-ring (bicyclic) bond motifs is 1.